The Hall–Kier alpha value is -2.68. The van der Waals surface area contributed by atoms with Crippen LogP contribution in [0.5, 0.6) is 5.88 Å². The minimum Gasteiger partial charge on any atom is -0.481 e. The van der Waals surface area contributed by atoms with Crippen LogP contribution in [-0.2, 0) is 20.9 Å². The molecule has 0 atom stereocenters. The van der Waals surface area contributed by atoms with E-state index in [1.807, 2.05) is 5.32 Å². The molecule has 0 aromatic carbocycles. The molecule has 0 aliphatic heterocycles. The lowest BCUT2D eigenvalue weighted by Crippen LogP contribution is -2.41. The molecule has 1 heterocycles. The predicted molar refractivity (Wildman–Crippen MR) is 69.6 cm³/mol. The highest BCUT2D eigenvalue weighted by Crippen LogP contribution is 2.07. The van der Waals surface area contributed by atoms with Crippen molar-refractivity contribution >= 4 is 17.9 Å². The molecule has 3 N–H and O–H groups in total. The van der Waals surface area contributed by atoms with Gasteiger partial charge in [0.15, 0.2) is 0 Å². The van der Waals surface area contributed by atoms with Gasteiger partial charge in [-0.1, -0.05) is 0 Å². The topological polar surface area (TPSA) is 127 Å². The fourth-order valence-electron chi connectivity index (χ4n) is 1.29. The first-order valence-electron chi connectivity index (χ1n) is 5.87. The third-order valence-corrected chi connectivity index (χ3v) is 2.17. The number of carbonyl (C=O) groups is 3. The van der Waals surface area contributed by atoms with Crippen LogP contribution in [0.2, 0.25) is 0 Å². The van der Waals surface area contributed by atoms with Gasteiger partial charge in [-0.25, -0.2) is 14.6 Å². The monoisotopic (exact) mass is 297 g/mol. The van der Waals surface area contributed by atoms with Gasteiger partial charge in [-0.15, -0.1) is 0 Å². The van der Waals surface area contributed by atoms with Crippen molar-refractivity contribution in [3.8, 4) is 5.88 Å². The lowest BCUT2D eigenvalue weighted by Gasteiger charge is -2.07. The van der Waals surface area contributed by atoms with Gasteiger partial charge in [-0.3, -0.25) is 10.1 Å². The number of ether oxygens (including phenoxy) is 2. The summed E-state index contributed by atoms with van der Waals surface area (Å²) in [6.45, 7) is -0.942. The molecular weight excluding hydrogens is 282 g/mol. The Labute approximate surface area is 120 Å². The summed E-state index contributed by atoms with van der Waals surface area (Å²) >= 11 is 0. The number of nitrogens with zero attached hydrogens (tertiary/aromatic N) is 1. The lowest BCUT2D eigenvalue weighted by atomic mass is 10.2. The van der Waals surface area contributed by atoms with E-state index in [4.69, 9.17) is 9.84 Å². The number of rotatable bonds is 7. The number of amides is 3. The number of hydrogen-bond acceptors (Lipinski definition) is 6. The number of carboxylic acids is 1. The third kappa shape index (κ3) is 6.87. The Balaban J connectivity index is 2.30. The van der Waals surface area contributed by atoms with Crippen LogP contribution < -0.4 is 15.4 Å². The maximum Gasteiger partial charge on any atom is 0.329 e. The number of nitrogens with one attached hydrogen (secondary N) is 2. The second-order valence-electron chi connectivity index (χ2n) is 3.82. The number of carbonyl (C=O) groups excluding carboxylic acids is 2. The second-order valence-corrected chi connectivity index (χ2v) is 3.82. The first-order chi connectivity index (χ1) is 10.0. The summed E-state index contributed by atoms with van der Waals surface area (Å²) in [4.78, 5) is 36.7. The van der Waals surface area contributed by atoms with Crippen molar-refractivity contribution in [3.63, 3.8) is 0 Å². The van der Waals surface area contributed by atoms with Gasteiger partial charge in [-0.2, -0.15) is 0 Å². The molecule has 0 saturated carbocycles. The number of imide groups is 1. The Bertz CT molecular complexity index is 519. The number of aliphatic carboxylic acids is 1. The molecule has 114 valence electrons. The van der Waals surface area contributed by atoms with Gasteiger partial charge >= 0.3 is 12.0 Å². The standard InChI is InChI=1S/C12H15N3O6/c1-20-10-4-8(2-3-13-10)5-14-12(19)15-9(16)6-21-7-11(17)18/h2-4H,5-7H2,1H3,(H,17,18)(H2,14,15,16,19). The van der Waals surface area contributed by atoms with Crippen molar-refractivity contribution < 1.29 is 29.0 Å². The Kier molecular flexibility index (Phi) is 6.61. The van der Waals surface area contributed by atoms with Crippen molar-refractivity contribution in [2.24, 2.45) is 0 Å². The highest BCUT2D eigenvalue weighted by molar-refractivity contribution is 5.94. The van der Waals surface area contributed by atoms with Crippen LogP contribution in [0.3, 0.4) is 0 Å². The van der Waals surface area contributed by atoms with Crippen LogP contribution in [0.25, 0.3) is 0 Å². The first kappa shape index (κ1) is 16.4. The van der Waals surface area contributed by atoms with E-state index in [0.29, 0.717) is 5.88 Å². The Morgan fingerprint density at radius 1 is 1.33 bits per heavy atom. The van der Waals surface area contributed by atoms with Gasteiger partial charge < -0.3 is 19.9 Å². The third-order valence-electron chi connectivity index (χ3n) is 2.17. The Morgan fingerprint density at radius 3 is 2.76 bits per heavy atom. The number of aromatic nitrogens is 1. The zero-order valence-corrected chi connectivity index (χ0v) is 11.3. The molecule has 1 aromatic heterocycles. The van der Waals surface area contributed by atoms with Gasteiger partial charge in [-0.05, 0) is 11.6 Å². The largest absolute Gasteiger partial charge is 0.481 e. The minimum absolute atomic E-state index is 0.175. The molecule has 21 heavy (non-hydrogen) atoms. The van der Waals surface area contributed by atoms with Crippen LogP contribution >= 0.6 is 0 Å². The molecule has 0 aliphatic rings. The summed E-state index contributed by atoms with van der Waals surface area (Å²) in [5.41, 5.74) is 0.742. The SMILES string of the molecule is COc1cc(CNC(=O)NC(=O)COCC(=O)O)ccn1. The van der Waals surface area contributed by atoms with E-state index >= 15 is 0 Å². The van der Waals surface area contributed by atoms with E-state index in [9.17, 15) is 14.4 Å². The van der Waals surface area contributed by atoms with Crippen LogP contribution in [0.15, 0.2) is 18.3 Å². The molecule has 0 spiro atoms. The van der Waals surface area contributed by atoms with Crippen LogP contribution in [0.4, 0.5) is 4.79 Å². The normalized spacial score (nSPS) is 9.76. The molecule has 0 bridgehead atoms. The highest BCUT2D eigenvalue weighted by Gasteiger charge is 2.08. The molecular formula is C12H15N3O6. The maximum absolute atomic E-state index is 11.4. The summed E-state index contributed by atoms with van der Waals surface area (Å²) in [7, 11) is 1.47. The second kappa shape index (κ2) is 8.48. The number of hydrogen-bond donors (Lipinski definition) is 3. The van der Waals surface area contributed by atoms with Gasteiger partial charge in [0.2, 0.25) is 5.88 Å². The number of pyridine rings is 1. The number of carboxylic acid groups (broad SMARTS) is 1. The average Bonchev–Trinajstić information content (AvgIpc) is 2.45. The summed E-state index contributed by atoms with van der Waals surface area (Å²) in [6.07, 6.45) is 1.53. The molecule has 0 unspecified atom stereocenters. The number of methoxy groups -OCH3 is 1. The summed E-state index contributed by atoms with van der Waals surface area (Å²) < 4.78 is 9.47. The van der Waals surface area contributed by atoms with Gasteiger partial charge in [0.1, 0.15) is 13.2 Å². The first-order valence-corrected chi connectivity index (χ1v) is 5.87. The summed E-state index contributed by atoms with van der Waals surface area (Å²) in [5, 5.41) is 12.8. The van der Waals surface area contributed by atoms with Gasteiger partial charge in [0.05, 0.1) is 7.11 Å². The Morgan fingerprint density at radius 2 is 2.10 bits per heavy atom. The van der Waals surface area contributed by atoms with Crippen molar-refractivity contribution in [2.45, 2.75) is 6.54 Å². The maximum atomic E-state index is 11.4. The van der Waals surface area contributed by atoms with Gasteiger partial charge in [0, 0.05) is 18.8 Å². The zero-order chi connectivity index (χ0) is 15.7. The van der Waals surface area contributed by atoms with E-state index in [-0.39, 0.29) is 6.54 Å². The van der Waals surface area contributed by atoms with Crippen LogP contribution in [-0.4, -0.2) is 48.3 Å². The minimum atomic E-state index is -1.20. The molecule has 0 fully saturated rings. The molecule has 1 rings (SSSR count). The molecule has 0 saturated heterocycles. The van der Waals surface area contributed by atoms with E-state index in [0.717, 1.165) is 5.56 Å². The van der Waals surface area contributed by atoms with Crippen molar-refractivity contribution in [1.29, 1.82) is 0 Å². The predicted octanol–water partition coefficient (Wildman–Crippen LogP) is -0.483. The van der Waals surface area contributed by atoms with Crippen molar-refractivity contribution in [1.82, 2.24) is 15.6 Å². The highest BCUT2D eigenvalue weighted by atomic mass is 16.5. The molecule has 0 radical (unpaired) electrons. The summed E-state index contributed by atoms with van der Waals surface area (Å²) in [6, 6.07) is 2.60. The van der Waals surface area contributed by atoms with Crippen LogP contribution in [0, 0.1) is 0 Å². The van der Waals surface area contributed by atoms with E-state index < -0.39 is 31.1 Å². The fourth-order valence-corrected chi connectivity index (χ4v) is 1.29. The lowest BCUT2D eigenvalue weighted by molar-refractivity contribution is -0.143. The van der Waals surface area contributed by atoms with E-state index in [1.165, 1.54) is 13.3 Å². The number of urea groups is 1. The van der Waals surface area contributed by atoms with Crippen molar-refractivity contribution in [3.05, 3.63) is 23.9 Å². The molecule has 1 aromatic rings. The van der Waals surface area contributed by atoms with Crippen molar-refractivity contribution in [2.75, 3.05) is 20.3 Å². The molecule has 9 nitrogen and oxygen atoms in total. The fraction of sp³-hybridized carbons (Fsp3) is 0.333. The summed E-state index contributed by atoms with van der Waals surface area (Å²) in [5.74, 6) is -1.52. The molecule has 0 aliphatic carbocycles. The van der Waals surface area contributed by atoms with E-state index in [2.05, 4.69) is 15.0 Å². The molecule has 3 amide bonds. The van der Waals surface area contributed by atoms with Crippen LogP contribution in [0.1, 0.15) is 5.56 Å². The smallest absolute Gasteiger partial charge is 0.329 e. The van der Waals surface area contributed by atoms with Gasteiger partial charge in [0.25, 0.3) is 5.91 Å². The quantitative estimate of drug-likeness (QED) is 0.620. The zero-order valence-electron chi connectivity index (χ0n) is 11.3. The molecule has 9 heteroatoms. The average molecular weight is 297 g/mol. The van der Waals surface area contributed by atoms with E-state index in [1.54, 1.807) is 12.1 Å².